The number of fused-ring (bicyclic) bond motifs is 1. The maximum absolute atomic E-state index is 5.07. The molecule has 0 unspecified atom stereocenters. The lowest BCUT2D eigenvalue weighted by molar-refractivity contribution is 0.197. The van der Waals surface area contributed by atoms with Crippen molar-refractivity contribution < 1.29 is 4.74 Å². The standard InChI is InChI=1S/C11H17N3O/c1-8(2)14-5-4-9-10(7-14)12-6-11(13-9)15-3/h6,8H,4-5,7H2,1-3H3. The summed E-state index contributed by atoms with van der Waals surface area (Å²) in [5.41, 5.74) is 2.18. The van der Waals surface area contributed by atoms with Gasteiger partial charge in [-0.25, -0.2) is 4.98 Å². The van der Waals surface area contributed by atoms with Crippen molar-refractivity contribution in [2.45, 2.75) is 32.9 Å². The Morgan fingerprint density at radius 1 is 1.40 bits per heavy atom. The lowest BCUT2D eigenvalue weighted by Crippen LogP contribution is -2.36. The Labute approximate surface area is 90.3 Å². The van der Waals surface area contributed by atoms with Crippen LogP contribution < -0.4 is 4.74 Å². The van der Waals surface area contributed by atoms with Gasteiger partial charge < -0.3 is 4.74 Å². The summed E-state index contributed by atoms with van der Waals surface area (Å²) >= 11 is 0. The zero-order valence-corrected chi connectivity index (χ0v) is 9.53. The Bertz CT molecular complexity index is 352. The molecule has 0 bridgehead atoms. The van der Waals surface area contributed by atoms with E-state index >= 15 is 0 Å². The van der Waals surface area contributed by atoms with Crippen LogP contribution >= 0.6 is 0 Å². The Kier molecular flexibility index (Phi) is 2.86. The van der Waals surface area contributed by atoms with Gasteiger partial charge in [0.15, 0.2) is 0 Å². The van der Waals surface area contributed by atoms with Crippen molar-refractivity contribution in [3.05, 3.63) is 17.6 Å². The van der Waals surface area contributed by atoms with E-state index in [1.54, 1.807) is 13.3 Å². The SMILES string of the molecule is COc1cnc2c(n1)CCN(C(C)C)C2. The zero-order valence-electron chi connectivity index (χ0n) is 9.53. The first-order chi connectivity index (χ1) is 7.20. The van der Waals surface area contributed by atoms with Gasteiger partial charge in [-0.15, -0.1) is 0 Å². The molecule has 0 fully saturated rings. The molecule has 0 spiro atoms. The lowest BCUT2D eigenvalue weighted by atomic mass is 10.1. The average molecular weight is 207 g/mol. The van der Waals surface area contributed by atoms with Crippen LogP contribution in [-0.2, 0) is 13.0 Å². The molecule has 1 aromatic rings. The number of hydrogen-bond donors (Lipinski definition) is 0. The van der Waals surface area contributed by atoms with Crippen molar-refractivity contribution in [3.8, 4) is 5.88 Å². The van der Waals surface area contributed by atoms with Crippen molar-refractivity contribution in [3.63, 3.8) is 0 Å². The summed E-state index contributed by atoms with van der Waals surface area (Å²) in [5, 5.41) is 0. The summed E-state index contributed by atoms with van der Waals surface area (Å²) < 4.78 is 5.07. The molecule has 0 amide bonds. The quantitative estimate of drug-likeness (QED) is 0.731. The van der Waals surface area contributed by atoms with Crippen molar-refractivity contribution in [1.29, 1.82) is 0 Å². The van der Waals surface area contributed by atoms with Crippen LogP contribution in [0.3, 0.4) is 0 Å². The number of nitrogens with zero attached hydrogens (tertiary/aromatic N) is 3. The molecule has 2 heterocycles. The van der Waals surface area contributed by atoms with Gasteiger partial charge in [-0.1, -0.05) is 0 Å². The smallest absolute Gasteiger partial charge is 0.232 e. The minimum absolute atomic E-state index is 0.571. The number of rotatable bonds is 2. The van der Waals surface area contributed by atoms with E-state index in [1.165, 1.54) is 0 Å². The molecule has 82 valence electrons. The van der Waals surface area contributed by atoms with Crippen molar-refractivity contribution >= 4 is 0 Å². The monoisotopic (exact) mass is 207 g/mol. The number of methoxy groups -OCH3 is 1. The third-order valence-electron chi connectivity index (χ3n) is 2.84. The highest BCUT2D eigenvalue weighted by atomic mass is 16.5. The van der Waals surface area contributed by atoms with Gasteiger partial charge in [0.25, 0.3) is 0 Å². The van der Waals surface area contributed by atoms with E-state index < -0.39 is 0 Å². The predicted molar refractivity (Wildman–Crippen MR) is 57.8 cm³/mol. The Hall–Kier alpha value is -1.16. The van der Waals surface area contributed by atoms with Crippen LogP contribution in [-0.4, -0.2) is 34.6 Å². The van der Waals surface area contributed by atoms with Gasteiger partial charge in [0.2, 0.25) is 5.88 Å². The summed E-state index contributed by atoms with van der Waals surface area (Å²) in [6, 6.07) is 0.571. The van der Waals surface area contributed by atoms with E-state index in [2.05, 4.69) is 28.7 Å². The first-order valence-corrected chi connectivity index (χ1v) is 5.33. The molecule has 2 rings (SSSR count). The first-order valence-electron chi connectivity index (χ1n) is 5.33. The molecule has 0 atom stereocenters. The van der Waals surface area contributed by atoms with E-state index in [1.807, 2.05) is 0 Å². The number of aromatic nitrogens is 2. The largest absolute Gasteiger partial charge is 0.480 e. The van der Waals surface area contributed by atoms with Gasteiger partial charge in [0, 0.05) is 25.6 Å². The summed E-state index contributed by atoms with van der Waals surface area (Å²) in [7, 11) is 1.62. The van der Waals surface area contributed by atoms with E-state index in [9.17, 15) is 0 Å². The fourth-order valence-electron chi connectivity index (χ4n) is 1.83. The summed E-state index contributed by atoms with van der Waals surface area (Å²) in [4.78, 5) is 11.2. The second kappa shape index (κ2) is 4.14. The van der Waals surface area contributed by atoms with Crippen LogP contribution in [0.25, 0.3) is 0 Å². The van der Waals surface area contributed by atoms with Gasteiger partial charge in [0.05, 0.1) is 24.7 Å². The molecule has 1 aliphatic rings. The van der Waals surface area contributed by atoms with E-state index in [4.69, 9.17) is 4.74 Å². The van der Waals surface area contributed by atoms with E-state index in [0.717, 1.165) is 30.9 Å². The maximum Gasteiger partial charge on any atom is 0.232 e. The molecule has 0 saturated heterocycles. The molecule has 1 aliphatic heterocycles. The molecule has 0 aliphatic carbocycles. The van der Waals surface area contributed by atoms with Gasteiger partial charge in [-0.2, -0.15) is 0 Å². The van der Waals surface area contributed by atoms with Crippen LogP contribution in [0.2, 0.25) is 0 Å². The molecular weight excluding hydrogens is 190 g/mol. The van der Waals surface area contributed by atoms with E-state index in [0.29, 0.717) is 11.9 Å². The van der Waals surface area contributed by atoms with Gasteiger partial charge in [-0.3, -0.25) is 9.88 Å². The van der Waals surface area contributed by atoms with Crippen LogP contribution in [0.15, 0.2) is 6.20 Å². The van der Waals surface area contributed by atoms with Crippen LogP contribution in [0.4, 0.5) is 0 Å². The highest BCUT2D eigenvalue weighted by Gasteiger charge is 2.20. The predicted octanol–water partition coefficient (Wildman–Crippen LogP) is 1.25. The number of ether oxygens (including phenoxy) is 1. The molecule has 1 aromatic heterocycles. The lowest BCUT2D eigenvalue weighted by Gasteiger charge is -2.30. The fraction of sp³-hybridized carbons (Fsp3) is 0.636. The van der Waals surface area contributed by atoms with Gasteiger partial charge in [-0.05, 0) is 13.8 Å². The van der Waals surface area contributed by atoms with E-state index in [-0.39, 0.29) is 0 Å². The Morgan fingerprint density at radius 3 is 2.87 bits per heavy atom. The minimum Gasteiger partial charge on any atom is -0.480 e. The molecule has 0 radical (unpaired) electrons. The van der Waals surface area contributed by atoms with Crippen LogP contribution in [0.1, 0.15) is 25.2 Å². The van der Waals surface area contributed by atoms with Gasteiger partial charge in [0.1, 0.15) is 0 Å². The molecule has 15 heavy (non-hydrogen) atoms. The summed E-state index contributed by atoms with van der Waals surface area (Å²) in [6.45, 7) is 6.39. The summed E-state index contributed by atoms with van der Waals surface area (Å²) in [6.07, 6.45) is 2.67. The third kappa shape index (κ3) is 2.09. The fourth-order valence-corrected chi connectivity index (χ4v) is 1.83. The second-order valence-corrected chi connectivity index (χ2v) is 4.12. The molecule has 0 aromatic carbocycles. The normalized spacial score (nSPS) is 16.5. The molecule has 0 N–H and O–H groups in total. The average Bonchev–Trinajstić information content (AvgIpc) is 2.27. The van der Waals surface area contributed by atoms with Crippen molar-refractivity contribution in [1.82, 2.24) is 14.9 Å². The number of hydrogen-bond acceptors (Lipinski definition) is 4. The van der Waals surface area contributed by atoms with Crippen molar-refractivity contribution in [2.75, 3.05) is 13.7 Å². The molecule has 0 saturated carbocycles. The van der Waals surface area contributed by atoms with Gasteiger partial charge >= 0.3 is 0 Å². The van der Waals surface area contributed by atoms with Crippen LogP contribution in [0.5, 0.6) is 5.88 Å². The highest BCUT2D eigenvalue weighted by molar-refractivity contribution is 5.19. The topological polar surface area (TPSA) is 38.3 Å². The first kappa shape index (κ1) is 10.4. The summed E-state index contributed by atoms with van der Waals surface area (Å²) in [5.74, 6) is 0.617. The van der Waals surface area contributed by atoms with Crippen LogP contribution in [0, 0.1) is 0 Å². The highest BCUT2D eigenvalue weighted by Crippen LogP contribution is 2.18. The van der Waals surface area contributed by atoms with Crippen molar-refractivity contribution in [2.24, 2.45) is 0 Å². The molecule has 4 nitrogen and oxygen atoms in total. The molecular formula is C11H17N3O. The minimum atomic E-state index is 0.571. The molecule has 4 heteroatoms. The second-order valence-electron chi connectivity index (χ2n) is 4.12. The Balaban J connectivity index is 2.21. The third-order valence-corrected chi connectivity index (χ3v) is 2.84. The zero-order chi connectivity index (χ0) is 10.8. The Morgan fingerprint density at radius 2 is 2.20 bits per heavy atom. The maximum atomic E-state index is 5.07.